The maximum Gasteiger partial charge on any atom is 0.405 e. The fourth-order valence-corrected chi connectivity index (χ4v) is 3.08. The van der Waals surface area contributed by atoms with Crippen molar-refractivity contribution in [3.63, 3.8) is 0 Å². The van der Waals surface area contributed by atoms with Crippen molar-refractivity contribution in [3.05, 3.63) is 65.6 Å². The summed E-state index contributed by atoms with van der Waals surface area (Å²) in [6.45, 7) is 1.84. The van der Waals surface area contributed by atoms with Crippen LogP contribution in [0.4, 0.5) is 11.6 Å². The van der Waals surface area contributed by atoms with Crippen LogP contribution < -0.4 is 20.1 Å². The van der Waals surface area contributed by atoms with Gasteiger partial charge in [0.2, 0.25) is 0 Å². The second-order valence-electron chi connectivity index (χ2n) is 6.03. The molecule has 4 rings (SSSR count). The summed E-state index contributed by atoms with van der Waals surface area (Å²) in [5, 5.41) is 16.7. The van der Waals surface area contributed by atoms with Gasteiger partial charge in [0.15, 0.2) is 6.04 Å². The molecule has 9 heteroatoms. The number of benzene rings is 1. The molecule has 1 atom stereocenters. The van der Waals surface area contributed by atoms with E-state index >= 15 is 0 Å². The van der Waals surface area contributed by atoms with E-state index in [-0.39, 0.29) is 5.91 Å². The first-order valence-electron chi connectivity index (χ1n) is 8.33. The van der Waals surface area contributed by atoms with E-state index in [2.05, 4.69) is 31.1 Å². The molecule has 0 bridgehead atoms. The number of hydrogen-bond donors (Lipinski definition) is 3. The van der Waals surface area contributed by atoms with Crippen molar-refractivity contribution in [3.8, 4) is 5.75 Å². The first kappa shape index (κ1) is 16.7. The molecule has 0 fully saturated rings. The molecule has 0 saturated heterocycles. The predicted octanol–water partition coefficient (Wildman–Crippen LogP) is 1.42. The lowest BCUT2D eigenvalue weighted by molar-refractivity contribution is -0.750. The van der Waals surface area contributed by atoms with Gasteiger partial charge in [-0.25, -0.2) is 0 Å². The Kier molecular flexibility index (Phi) is 4.25. The zero-order valence-corrected chi connectivity index (χ0v) is 14.8. The van der Waals surface area contributed by atoms with Gasteiger partial charge in [-0.2, -0.15) is 0 Å². The zero-order chi connectivity index (χ0) is 18.8. The predicted molar refractivity (Wildman–Crippen MR) is 96.9 cm³/mol. The van der Waals surface area contributed by atoms with Crippen LogP contribution in [0.5, 0.6) is 5.75 Å². The van der Waals surface area contributed by atoms with Crippen LogP contribution >= 0.6 is 0 Å². The van der Waals surface area contributed by atoms with Crippen molar-refractivity contribution in [2.75, 3.05) is 17.7 Å². The monoisotopic (exact) mass is 364 g/mol. The molecule has 136 valence electrons. The summed E-state index contributed by atoms with van der Waals surface area (Å²) in [6.07, 6.45) is 3.25. The number of hydrogen-bond acceptors (Lipinski definition) is 6. The van der Waals surface area contributed by atoms with E-state index in [9.17, 15) is 4.79 Å². The molecule has 1 amide bonds. The van der Waals surface area contributed by atoms with Crippen molar-refractivity contribution in [2.24, 2.45) is 0 Å². The third-order valence-corrected chi connectivity index (χ3v) is 4.36. The molecular formula is C18H18N7O2+. The third kappa shape index (κ3) is 3.10. The topological polar surface area (TPSA) is 109 Å². The minimum atomic E-state index is -0.418. The van der Waals surface area contributed by atoms with Gasteiger partial charge in [0.1, 0.15) is 11.0 Å². The van der Waals surface area contributed by atoms with Gasteiger partial charge in [-0.1, -0.05) is 12.1 Å². The van der Waals surface area contributed by atoms with Crippen LogP contribution in [-0.2, 0) is 4.79 Å². The number of aromatic nitrogens is 5. The molecule has 1 aliphatic rings. The molecule has 9 nitrogen and oxygen atoms in total. The lowest BCUT2D eigenvalue weighted by atomic mass is 9.95. The highest BCUT2D eigenvalue weighted by Gasteiger charge is 2.38. The average molecular weight is 364 g/mol. The molecule has 0 aliphatic carbocycles. The molecule has 3 aromatic rings. The number of pyridine rings is 1. The first-order chi connectivity index (χ1) is 13.2. The minimum Gasteiger partial charge on any atom is -0.497 e. The number of fused-ring (bicyclic) bond motifs is 1. The summed E-state index contributed by atoms with van der Waals surface area (Å²) in [5.74, 6) is 1.04. The molecule has 3 heterocycles. The zero-order valence-electron chi connectivity index (χ0n) is 14.8. The minimum absolute atomic E-state index is 0.235. The second-order valence-corrected chi connectivity index (χ2v) is 6.03. The maximum atomic E-state index is 13.1. The number of aromatic amines is 1. The molecule has 0 saturated carbocycles. The number of tetrazole rings is 1. The van der Waals surface area contributed by atoms with Crippen LogP contribution in [0.2, 0.25) is 0 Å². The Morgan fingerprint density at radius 2 is 2.07 bits per heavy atom. The number of allylic oxidation sites excluding steroid dienone is 1. The molecule has 2 aromatic heterocycles. The van der Waals surface area contributed by atoms with Gasteiger partial charge in [-0.3, -0.25) is 15.1 Å². The van der Waals surface area contributed by atoms with Gasteiger partial charge in [0.25, 0.3) is 5.91 Å². The Balaban J connectivity index is 1.75. The molecule has 1 unspecified atom stereocenters. The summed E-state index contributed by atoms with van der Waals surface area (Å²) in [5.41, 5.74) is 2.76. The van der Waals surface area contributed by atoms with E-state index in [0.29, 0.717) is 22.9 Å². The maximum absolute atomic E-state index is 13.1. The fraction of sp³-hybridized carbons (Fsp3) is 0.167. The summed E-state index contributed by atoms with van der Waals surface area (Å²) in [4.78, 5) is 17.1. The van der Waals surface area contributed by atoms with Gasteiger partial charge >= 0.3 is 5.95 Å². The lowest BCUT2D eigenvalue weighted by Gasteiger charge is -2.24. The first-order valence-corrected chi connectivity index (χ1v) is 8.33. The van der Waals surface area contributed by atoms with Gasteiger partial charge in [-0.15, -0.1) is 9.90 Å². The smallest absolute Gasteiger partial charge is 0.405 e. The Bertz CT molecular complexity index is 996. The number of methoxy groups -OCH3 is 1. The highest BCUT2D eigenvalue weighted by molar-refractivity contribution is 6.05. The molecule has 1 aliphatic heterocycles. The van der Waals surface area contributed by atoms with Crippen molar-refractivity contribution >= 4 is 17.5 Å². The number of nitrogens with one attached hydrogen (secondary N) is 3. The highest BCUT2D eigenvalue weighted by Crippen LogP contribution is 2.30. The molecule has 1 aromatic carbocycles. The van der Waals surface area contributed by atoms with Crippen molar-refractivity contribution < 1.29 is 14.2 Å². The Morgan fingerprint density at radius 3 is 2.78 bits per heavy atom. The van der Waals surface area contributed by atoms with E-state index in [4.69, 9.17) is 4.74 Å². The van der Waals surface area contributed by atoms with E-state index in [1.165, 1.54) is 0 Å². The van der Waals surface area contributed by atoms with E-state index in [1.807, 2.05) is 31.2 Å². The number of carbonyl (C=O) groups is 1. The summed E-state index contributed by atoms with van der Waals surface area (Å²) >= 11 is 0. The van der Waals surface area contributed by atoms with Crippen molar-refractivity contribution in [1.82, 2.24) is 20.5 Å². The van der Waals surface area contributed by atoms with Crippen molar-refractivity contribution in [2.45, 2.75) is 13.0 Å². The largest absolute Gasteiger partial charge is 0.497 e. The number of anilines is 2. The molecule has 3 N–H and O–H groups in total. The van der Waals surface area contributed by atoms with Gasteiger partial charge in [0.05, 0.1) is 35.4 Å². The van der Waals surface area contributed by atoms with Gasteiger partial charge in [0, 0.05) is 6.20 Å². The van der Waals surface area contributed by atoms with Crippen LogP contribution in [0.1, 0.15) is 18.5 Å². The van der Waals surface area contributed by atoms with Crippen LogP contribution in [0.3, 0.4) is 0 Å². The quantitative estimate of drug-likeness (QED) is 0.604. The van der Waals surface area contributed by atoms with Crippen LogP contribution in [0, 0.1) is 0 Å². The average Bonchev–Trinajstić information content (AvgIpc) is 3.15. The van der Waals surface area contributed by atoms with E-state index in [0.717, 1.165) is 11.3 Å². The van der Waals surface area contributed by atoms with Crippen LogP contribution in [-0.4, -0.2) is 33.5 Å². The lowest BCUT2D eigenvalue weighted by Crippen LogP contribution is -2.50. The molecule has 0 radical (unpaired) electrons. The number of amides is 1. The SMILES string of the molecule is COc1ccc(C2C(C(=O)Nc3cccnc3)=C(C)Nc3nn[nH][n+]32)cc1. The van der Waals surface area contributed by atoms with E-state index < -0.39 is 6.04 Å². The van der Waals surface area contributed by atoms with Crippen LogP contribution in [0.25, 0.3) is 0 Å². The Morgan fingerprint density at radius 1 is 1.26 bits per heavy atom. The summed E-state index contributed by atoms with van der Waals surface area (Å²) in [6, 6.07) is 10.7. The molecular weight excluding hydrogens is 346 g/mol. The molecule has 27 heavy (non-hydrogen) atoms. The Labute approximate surface area is 155 Å². The van der Waals surface area contributed by atoms with Gasteiger partial charge in [-0.05, 0) is 36.8 Å². The van der Waals surface area contributed by atoms with Crippen LogP contribution in [0.15, 0.2) is 60.1 Å². The number of rotatable bonds is 4. The summed E-state index contributed by atoms with van der Waals surface area (Å²) in [7, 11) is 1.61. The highest BCUT2D eigenvalue weighted by atomic mass is 16.5. The van der Waals surface area contributed by atoms with E-state index in [1.54, 1.807) is 36.3 Å². The van der Waals surface area contributed by atoms with Crippen molar-refractivity contribution in [1.29, 1.82) is 0 Å². The fourth-order valence-electron chi connectivity index (χ4n) is 3.08. The standard InChI is InChI=1S/C18H17N7O2/c1-11-15(17(26)21-13-4-3-9-19-10-13)16(25-18(20-11)22-23-24-25)12-5-7-14(27-2)8-6-12/h3-10,16H,1-2H3,(H2,20,21,22,24,26)/p+1. The Hall–Kier alpha value is -3.75. The summed E-state index contributed by atoms with van der Waals surface area (Å²) < 4.78 is 6.95. The normalized spacial score (nSPS) is 15.7. The van der Waals surface area contributed by atoms with Gasteiger partial charge < -0.3 is 10.1 Å². The third-order valence-electron chi connectivity index (χ3n) is 4.36. The number of H-pyrrole nitrogens is 1. The molecule has 0 spiro atoms. The number of nitrogens with zero attached hydrogens (tertiary/aromatic N) is 4. The number of ether oxygens (including phenoxy) is 1. The number of carbonyl (C=O) groups excluding carboxylic acids is 1. The second kappa shape index (κ2) is 6.87.